The summed E-state index contributed by atoms with van der Waals surface area (Å²) in [4.78, 5) is 13.3. The molecule has 1 aliphatic rings. The van der Waals surface area contributed by atoms with Gasteiger partial charge in [0.15, 0.2) is 0 Å². The Morgan fingerprint density at radius 1 is 1.91 bits per heavy atom. The Kier molecular flexibility index (Phi) is 3.00. The van der Waals surface area contributed by atoms with Gasteiger partial charge >= 0.3 is 6.09 Å². The molecule has 0 unspecified atom stereocenters. The van der Waals surface area contributed by atoms with Crippen LogP contribution in [-0.4, -0.2) is 9.44 Å². The number of nitrogens with zero attached hydrogens (tertiary/aromatic N) is 1. The molecule has 1 amide bonds. The van der Waals surface area contributed by atoms with Gasteiger partial charge in [0.2, 0.25) is 5.88 Å². The van der Waals surface area contributed by atoms with Crippen molar-refractivity contribution >= 4 is 43.3 Å². The quantitative estimate of drug-likeness (QED) is 0.355. The van der Waals surface area contributed by atoms with Crippen LogP contribution in [0.5, 0.6) is 0 Å². The first-order valence-electron chi connectivity index (χ1n) is 2.43. The maximum atomic E-state index is 10.7. The Balaban J connectivity index is 2.42. The molecular weight excluding hydrogens is 206 g/mol. The van der Waals surface area contributed by atoms with Gasteiger partial charge in [-0.15, -0.1) is 0 Å². The van der Waals surface area contributed by atoms with Gasteiger partial charge in [-0.3, -0.25) is 5.43 Å². The Hall–Kier alpha value is -0.440. The first-order valence-corrected chi connectivity index (χ1v) is 4.04. The van der Waals surface area contributed by atoms with E-state index in [1.165, 1.54) is 11.9 Å². The van der Waals surface area contributed by atoms with Gasteiger partial charge in [0.05, 0.1) is 5.41 Å². The van der Waals surface area contributed by atoms with Crippen molar-refractivity contribution in [3.8, 4) is 0 Å². The topological polar surface area (TPSA) is 53.4 Å². The SMILES string of the molecule is O=C(OC1=CSNN1)[N+](=S)[S-]. The predicted octanol–water partition coefficient (Wildman–Crippen LogP) is -0.117. The molecule has 1 rings (SSSR count). The molecule has 1 aliphatic heterocycles. The highest BCUT2D eigenvalue weighted by Gasteiger charge is 2.15. The summed E-state index contributed by atoms with van der Waals surface area (Å²) in [5, 5.41) is 1.58. The molecule has 0 bridgehead atoms. The second kappa shape index (κ2) is 3.81. The number of carbonyl (C=O) groups excluding carboxylic acids is 1. The molecule has 8 heteroatoms. The van der Waals surface area contributed by atoms with Crippen LogP contribution in [0.1, 0.15) is 0 Å². The number of amides is 1. The van der Waals surface area contributed by atoms with Gasteiger partial charge in [0.25, 0.3) is 0 Å². The number of hydrogen-bond donors (Lipinski definition) is 2. The van der Waals surface area contributed by atoms with E-state index in [-0.39, 0.29) is 0 Å². The number of nitrogens with one attached hydrogen (secondary N) is 2. The van der Waals surface area contributed by atoms with Crippen LogP contribution in [0.2, 0.25) is 0 Å². The highest BCUT2D eigenvalue weighted by Crippen LogP contribution is 2.08. The Bertz CT molecular complexity index is 228. The van der Waals surface area contributed by atoms with Crippen molar-refractivity contribution in [2.75, 3.05) is 0 Å². The third-order valence-corrected chi connectivity index (χ3v) is 1.60. The smallest absolute Gasteiger partial charge is 0.354 e. The van der Waals surface area contributed by atoms with Crippen molar-refractivity contribution < 1.29 is 12.9 Å². The third kappa shape index (κ3) is 2.58. The van der Waals surface area contributed by atoms with Crippen LogP contribution < -0.4 is 10.3 Å². The summed E-state index contributed by atoms with van der Waals surface area (Å²) >= 11 is 9.90. The average Bonchev–Trinajstić information content (AvgIpc) is 2.39. The number of hydrogen-bond acceptors (Lipinski definition) is 7. The van der Waals surface area contributed by atoms with Crippen LogP contribution in [0.15, 0.2) is 11.3 Å². The van der Waals surface area contributed by atoms with Crippen molar-refractivity contribution in [3.05, 3.63) is 11.3 Å². The maximum absolute atomic E-state index is 10.7. The molecule has 0 spiro atoms. The molecule has 0 aliphatic carbocycles. The number of rotatable bonds is 1. The molecule has 0 aromatic heterocycles. The average molecular weight is 209 g/mol. The summed E-state index contributed by atoms with van der Waals surface area (Å²) in [5.74, 6) is 0.291. The highest BCUT2D eigenvalue weighted by atomic mass is 32.2. The third-order valence-electron chi connectivity index (χ3n) is 0.745. The zero-order chi connectivity index (χ0) is 8.27. The molecular formula is C3H3N3O2S3. The number of ether oxygens (including phenoxy) is 1. The molecule has 0 aromatic carbocycles. The normalized spacial score (nSPS) is 15.1. The monoisotopic (exact) mass is 209 g/mol. The minimum atomic E-state index is -0.766. The summed E-state index contributed by atoms with van der Waals surface area (Å²) in [6.07, 6.45) is -0.766. The minimum absolute atomic E-state index is 0.291. The molecule has 5 nitrogen and oxygen atoms in total. The van der Waals surface area contributed by atoms with Gasteiger partial charge < -0.3 is 4.74 Å². The molecule has 0 atom stereocenters. The van der Waals surface area contributed by atoms with Crippen molar-refractivity contribution in [3.63, 3.8) is 0 Å². The van der Waals surface area contributed by atoms with Crippen molar-refractivity contribution in [1.82, 2.24) is 10.3 Å². The van der Waals surface area contributed by atoms with Crippen LogP contribution in [0.4, 0.5) is 4.79 Å². The Morgan fingerprint density at radius 2 is 2.64 bits per heavy atom. The summed E-state index contributed by atoms with van der Waals surface area (Å²) in [5.41, 5.74) is 2.55. The van der Waals surface area contributed by atoms with Crippen molar-refractivity contribution in [2.45, 2.75) is 0 Å². The van der Waals surface area contributed by atoms with Gasteiger partial charge in [0.1, 0.15) is 0 Å². The molecule has 1 heterocycles. The molecule has 0 radical (unpaired) electrons. The van der Waals surface area contributed by atoms with Crippen LogP contribution in [0.3, 0.4) is 0 Å². The van der Waals surface area contributed by atoms with E-state index in [4.69, 9.17) is 0 Å². The van der Waals surface area contributed by atoms with Crippen LogP contribution in [0, 0.1) is 0 Å². The predicted molar refractivity (Wildman–Crippen MR) is 43.4 cm³/mol. The van der Waals surface area contributed by atoms with Gasteiger partial charge in [-0.2, -0.15) is 13.0 Å². The molecule has 11 heavy (non-hydrogen) atoms. The Labute approximate surface area is 78.0 Å². The minimum Gasteiger partial charge on any atom is -0.354 e. The first kappa shape index (κ1) is 8.65. The number of carbonyl (C=O) groups is 1. The lowest BCUT2D eigenvalue weighted by Crippen LogP contribution is -2.24. The summed E-state index contributed by atoms with van der Waals surface area (Å²) in [6, 6.07) is 0. The maximum Gasteiger partial charge on any atom is 0.600 e. The lowest BCUT2D eigenvalue weighted by atomic mass is 10.9. The van der Waals surface area contributed by atoms with E-state index in [1.54, 1.807) is 5.41 Å². The lowest BCUT2D eigenvalue weighted by Gasteiger charge is -1.99. The second-order valence-electron chi connectivity index (χ2n) is 1.45. The van der Waals surface area contributed by atoms with E-state index in [1.807, 2.05) is 0 Å². The van der Waals surface area contributed by atoms with Crippen LogP contribution in [0.25, 0.3) is 0 Å². The van der Waals surface area contributed by atoms with Crippen molar-refractivity contribution in [1.29, 1.82) is 0 Å². The zero-order valence-electron chi connectivity index (χ0n) is 5.07. The molecule has 0 fully saturated rings. The van der Waals surface area contributed by atoms with E-state index < -0.39 is 6.09 Å². The fourth-order valence-electron chi connectivity index (χ4n) is 0.373. The fourth-order valence-corrected chi connectivity index (χ4v) is 0.880. The summed E-state index contributed by atoms with van der Waals surface area (Å²) in [6.45, 7) is 0. The lowest BCUT2D eigenvalue weighted by molar-refractivity contribution is -0.229. The number of hydrazine groups is 1. The summed E-state index contributed by atoms with van der Waals surface area (Å²) < 4.78 is 5.14. The molecule has 60 valence electrons. The molecule has 0 saturated heterocycles. The second-order valence-corrected chi connectivity index (χ2v) is 3.09. The largest absolute Gasteiger partial charge is 0.600 e. The Morgan fingerprint density at radius 3 is 3.09 bits per heavy atom. The standard InChI is InChI=1S/C3H3N3O2S3/c7-3(6(9)10)8-2-1-11-5-4-2/h1,4-5H. The van der Waals surface area contributed by atoms with E-state index in [9.17, 15) is 4.79 Å². The van der Waals surface area contributed by atoms with E-state index >= 15 is 0 Å². The zero-order valence-corrected chi connectivity index (χ0v) is 7.52. The molecule has 0 saturated carbocycles. The van der Waals surface area contributed by atoms with Gasteiger partial charge in [-0.25, -0.2) is 0 Å². The summed E-state index contributed by atoms with van der Waals surface area (Å²) in [7, 11) is 0. The van der Waals surface area contributed by atoms with Gasteiger partial charge in [-0.1, -0.05) is 25.2 Å². The highest BCUT2D eigenvalue weighted by molar-refractivity contribution is 8.00. The van der Waals surface area contributed by atoms with Gasteiger partial charge in [0, 0.05) is 0 Å². The van der Waals surface area contributed by atoms with Crippen molar-refractivity contribution in [2.24, 2.45) is 0 Å². The first-order chi connectivity index (χ1) is 5.20. The van der Waals surface area contributed by atoms with Crippen LogP contribution >= 0.6 is 11.9 Å². The van der Waals surface area contributed by atoms with Crippen LogP contribution in [-0.2, 0) is 30.0 Å². The molecule has 0 aromatic rings. The van der Waals surface area contributed by atoms with E-state index in [0.29, 0.717) is 9.23 Å². The molecule has 2 N–H and O–H groups in total. The van der Waals surface area contributed by atoms with E-state index in [0.717, 1.165) is 0 Å². The van der Waals surface area contributed by atoms with Gasteiger partial charge in [-0.05, 0) is 11.9 Å². The fraction of sp³-hybridized carbons (Fsp3) is 0. The van der Waals surface area contributed by atoms with E-state index in [2.05, 4.69) is 40.2 Å².